The molecule has 0 aliphatic carbocycles. The van der Waals surface area contributed by atoms with Crippen LogP contribution in [0.4, 0.5) is 0 Å². The smallest absolute Gasteiger partial charge is 0.336 e. The van der Waals surface area contributed by atoms with Gasteiger partial charge in [-0.25, -0.2) is 4.79 Å². The van der Waals surface area contributed by atoms with Crippen molar-refractivity contribution in [2.24, 2.45) is 0 Å². The van der Waals surface area contributed by atoms with E-state index in [0.29, 0.717) is 11.3 Å². The molecule has 1 amide bonds. The molecule has 1 aromatic heterocycles. The number of carbonyl (C=O) groups excluding carboxylic acids is 1. The topological polar surface area (TPSA) is 68.8 Å². The Morgan fingerprint density at radius 3 is 2.50 bits per heavy atom. The summed E-state index contributed by atoms with van der Waals surface area (Å²) in [5, 5.41) is 0.791. The lowest BCUT2D eigenvalue weighted by atomic mass is 10.0. The molecule has 0 unspecified atom stereocenters. The SMILES string of the molecule is COc1ccc(-c2cc(=O)oc3cc(OCC(=O)N4CC4)ccc23)cc1. The van der Waals surface area contributed by atoms with Crippen LogP contribution in [0.25, 0.3) is 22.1 Å². The summed E-state index contributed by atoms with van der Waals surface area (Å²) in [5.41, 5.74) is 1.63. The fraction of sp³-hybridized carbons (Fsp3) is 0.200. The highest BCUT2D eigenvalue weighted by Crippen LogP contribution is 2.30. The van der Waals surface area contributed by atoms with Crippen molar-refractivity contribution >= 4 is 16.9 Å². The Kier molecular flexibility index (Phi) is 4.08. The normalized spacial score (nSPS) is 12.9. The molecule has 0 radical (unpaired) electrons. The quantitative estimate of drug-likeness (QED) is 0.522. The predicted octanol–water partition coefficient (Wildman–Crippen LogP) is 2.69. The van der Waals surface area contributed by atoms with E-state index in [2.05, 4.69) is 0 Å². The first-order chi connectivity index (χ1) is 12.6. The highest BCUT2D eigenvalue weighted by molar-refractivity contribution is 5.93. The van der Waals surface area contributed by atoms with Crippen LogP contribution in [0.1, 0.15) is 0 Å². The molecule has 2 aromatic carbocycles. The summed E-state index contributed by atoms with van der Waals surface area (Å²) in [7, 11) is 1.61. The predicted molar refractivity (Wildman–Crippen MR) is 96.5 cm³/mol. The van der Waals surface area contributed by atoms with E-state index < -0.39 is 5.63 Å². The van der Waals surface area contributed by atoms with Crippen LogP contribution in [0, 0.1) is 0 Å². The van der Waals surface area contributed by atoms with Crippen LogP contribution in [0.5, 0.6) is 11.5 Å². The summed E-state index contributed by atoms with van der Waals surface area (Å²) in [4.78, 5) is 25.4. The molecule has 132 valence electrons. The van der Waals surface area contributed by atoms with Crippen molar-refractivity contribution in [3.05, 3.63) is 59.0 Å². The summed E-state index contributed by atoms with van der Waals surface area (Å²) in [5.74, 6) is 1.19. The molecule has 4 rings (SSSR count). The molecule has 0 atom stereocenters. The van der Waals surface area contributed by atoms with Gasteiger partial charge in [0.2, 0.25) is 0 Å². The minimum atomic E-state index is -0.444. The molecule has 0 N–H and O–H groups in total. The van der Waals surface area contributed by atoms with Crippen molar-refractivity contribution < 1.29 is 18.7 Å². The lowest BCUT2D eigenvalue weighted by Gasteiger charge is -2.09. The fourth-order valence-corrected chi connectivity index (χ4v) is 2.78. The van der Waals surface area contributed by atoms with Gasteiger partial charge in [-0.1, -0.05) is 12.1 Å². The fourth-order valence-electron chi connectivity index (χ4n) is 2.78. The number of methoxy groups -OCH3 is 1. The van der Waals surface area contributed by atoms with Gasteiger partial charge in [0, 0.05) is 30.6 Å². The van der Waals surface area contributed by atoms with E-state index in [4.69, 9.17) is 13.9 Å². The number of rotatable bonds is 5. The first-order valence-corrected chi connectivity index (χ1v) is 8.27. The Balaban J connectivity index is 1.67. The molecule has 1 aliphatic rings. The van der Waals surface area contributed by atoms with E-state index in [1.807, 2.05) is 30.3 Å². The maximum Gasteiger partial charge on any atom is 0.336 e. The van der Waals surface area contributed by atoms with Crippen molar-refractivity contribution in [1.82, 2.24) is 4.90 Å². The monoisotopic (exact) mass is 351 g/mol. The van der Waals surface area contributed by atoms with Gasteiger partial charge in [0.25, 0.3) is 5.91 Å². The third kappa shape index (κ3) is 3.26. The second-order valence-corrected chi connectivity index (χ2v) is 6.04. The molecular formula is C20H17NO5. The number of fused-ring (bicyclic) bond motifs is 1. The van der Waals surface area contributed by atoms with E-state index in [1.165, 1.54) is 6.07 Å². The summed E-state index contributed by atoms with van der Waals surface area (Å²) >= 11 is 0. The molecule has 6 heteroatoms. The third-order valence-corrected chi connectivity index (χ3v) is 4.28. The highest BCUT2D eigenvalue weighted by atomic mass is 16.5. The summed E-state index contributed by atoms with van der Waals surface area (Å²) in [6.07, 6.45) is 0. The molecule has 0 bridgehead atoms. The lowest BCUT2D eigenvalue weighted by molar-refractivity contribution is -0.127. The van der Waals surface area contributed by atoms with Gasteiger partial charge in [0.05, 0.1) is 7.11 Å². The van der Waals surface area contributed by atoms with Crippen molar-refractivity contribution in [2.45, 2.75) is 0 Å². The number of amides is 1. The van der Waals surface area contributed by atoms with Gasteiger partial charge < -0.3 is 18.8 Å². The van der Waals surface area contributed by atoms with Crippen LogP contribution >= 0.6 is 0 Å². The number of nitrogens with zero attached hydrogens (tertiary/aromatic N) is 1. The van der Waals surface area contributed by atoms with E-state index in [0.717, 1.165) is 35.4 Å². The average Bonchev–Trinajstić information content (AvgIpc) is 3.50. The van der Waals surface area contributed by atoms with Crippen LogP contribution in [0.3, 0.4) is 0 Å². The van der Waals surface area contributed by atoms with E-state index in [-0.39, 0.29) is 12.5 Å². The minimum Gasteiger partial charge on any atom is -0.497 e. The molecule has 1 fully saturated rings. The number of hydrogen-bond acceptors (Lipinski definition) is 5. The van der Waals surface area contributed by atoms with Crippen molar-refractivity contribution in [1.29, 1.82) is 0 Å². The second-order valence-electron chi connectivity index (χ2n) is 6.04. The summed E-state index contributed by atoms with van der Waals surface area (Å²) in [6, 6.07) is 14.2. The standard InChI is InChI=1S/C20H17NO5/c1-24-14-4-2-13(3-5-14)17-11-20(23)26-18-10-15(6-7-16(17)18)25-12-19(22)21-8-9-21/h2-7,10-11H,8-9,12H2,1H3. The van der Waals surface area contributed by atoms with E-state index in [1.54, 1.807) is 24.1 Å². The molecule has 0 spiro atoms. The van der Waals surface area contributed by atoms with Gasteiger partial charge in [0.1, 0.15) is 17.1 Å². The minimum absolute atomic E-state index is 0.0199. The van der Waals surface area contributed by atoms with Crippen LogP contribution in [0.15, 0.2) is 57.7 Å². The lowest BCUT2D eigenvalue weighted by Crippen LogP contribution is -2.19. The Morgan fingerprint density at radius 1 is 1.08 bits per heavy atom. The number of ether oxygens (including phenoxy) is 2. The molecule has 0 saturated carbocycles. The van der Waals surface area contributed by atoms with Crippen molar-refractivity contribution in [3.8, 4) is 22.6 Å². The largest absolute Gasteiger partial charge is 0.497 e. The molecule has 1 aliphatic heterocycles. The zero-order valence-electron chi connectivity index (χ0n) is 14.2. The van der Waals surface area contributed by atoms with E-state index in [9.17, 15) is 9.59 Å². The van der Waals surface area contributed by atoms with Gasteiger partial charge in [-0.2, -0.15) is 0 Å². The molecule has 3 aromatic rings. The zero-order chi connectivity index (χ0) is 18.1. The van der Waals surface area contributed by atoms with Crippen molar-refractivity contribution in [3.63, 3.8) is 0 Å². The number of carbonyl (C=O) groups is 1. The Labute approximate surface area is 149 Å². The van der Waals surface area contributed by atoms with E-state index >= 15 is 0 Å². The number of benzene rings is 2. The van der Waals surface area contributed by atoms with Crippen LogP contribution in [-0.4, -0.2) is 37.6 Å². The second kappa shape index (κ2) is 6.55. The summed E-state index contributed by atoms with van der Waals surface area (Å²) in [6.45, 7) is 1.56. The summed E-state index contributed by atoms with van der Waals surface area (Å²) < 4.78 is 16.0. The zero-order valence-corrected chi connectivity index (χ0v) is 14.2. The molecule has 6 nitrogen and oxygen atoms in total. The third-order valence-electron chi connectivity index (χ3n) is 4.28. The molecular weight excluding hydrogens is 334 g/mol. The van der Waals surface area contributed by atoms with Gasteiger partial charge in [-0.3, -0.25) is 4.79 Å². The highest BCUT2D eigenvalue weighted by Gasteiger charge is 2.24. The Morgan fingerprint density at radius 2 is 1.81 bits per heavy atom. The van der Waals surface area contributed by atoms with Crippen molar-refractivity contribution in [2.75, 3.05) is 26.8 Å². The maximum absolute atomic E-state index is 12.0. The average molecular weight is 351 g/mol. The van der Waals surface area contributed by atoms with Gasteiger partial charge in [-0.05, 0) is 35.4 Å². The van der Waals surface area contributed by atoms with Gasteiger partial charge in [-0.15, -0.1) is 0 Å². The van der Waals surface area contributed by atoms with Crippen LogP contribution in [-0.2, 0) is 4.79 Å². The first kappa shape index (κ1) is 16.2. The van der Waals surface area contributed by atoms with Gasteiger partial charge in [0.15, 0.2) is 6.61 Å². The Bertz CT molecular complexity index is 1020. The molecule has 2 heterocycles. The number of hydrogen-bond donors (Lipinski definition) is 0. The van der Waals surface area contributed by atoms with Gasteiger partial charge >= 0.3 is 5.63 Å². The molecule has 26 heavy (non-hydrogen) atoms. The Hall–Kier alpha value is -3.28. The van der Waals surface area contributed by atoms with Crippen LogP contribution in [0.2, 0.25) is 0 Å². The maximum atomic E-state index is 12.0. The molecule has 1 saturated heterocycles. The van der Waals surface area contributed by atoms with Crippen LogP contribution < -0.4 is 15.1 Å². The first-order valence-electron chi connectivity index (χ1n) is 8.27.